The van der Waals surface area contributed by atoms with Gasteiger partial charge in [-0.15, -0.1) is 5.10 Å². The van der Waals surface area contributed by atoms with Gasteiger partial charge in [0.2, 0.25) is 5.91 Å². The zero-order valence-electron chi connectivity index (χ0n) is 11.4. The molecule has 1 aliphatic heterocycles. The molecule has 2 heterocycles. The predicted molar refractivity (Wildman–Crippen MR) is 73.0 cm³/mol. The van der Waals surface area contributed by atoms with Crippen LogP contribution in [0, 0.1) is 6.92 Å². The maximum absolute atomic E-state index is 11.8. The largest absolute Gasteiger partial charge is 0.376 e. The van der Waals surface area contributed by atoms with Gasteiger partial charge in [0, 0.05) is 19.7 Å². The summed E-state index contributed by atoms with van der Waals surface area (Å²) in [5.41, 5.74) is 0.941. The summed E-state index contributed by atoms with van der Waals surface area (Å²) in [4.78, 5) is 14.9. The van der Waals surface area contributed by atoms with E-state index in [4.69, 9.17) is 4.74 Å². The van der Waals surface area contributed by atoms with Crippen LogP contribution in [0.4, 0.5) is 0 Å². The Morgan fingerprint density at radius 1 is 1.63 bits per heavy atom. The van der Waals surface area contributed by atoms with Gasteiger partial charge in [0.15, 0.2) is 0 Å². The molecule has 0 aromatic carbocycles. The number of carbonyl (C=O) groups is 1. The minimum absolute atomic E-state index is 0.0353. The summed E-state index contributed by atoms with van der Waals surface area (Å²) in [6.45, 7) is 4.46. The highest BCUT2D eigenvalue weighted by atomic mass is 32.1. The second-order valence-electron chi connectivity index (χ2n) is 4.89. The molecule has 1 aromatic heterocycles. The van der Waals surface area contributed by atoms with Crippen LogP contribution in [-0.4, -0.2) is 53.2 Å². The summed E-state index contributed by atoms with van der Waals surface area (Å²) in [5.74, 6) is 0.0353. The van der Waals surface area contributed by atoms with Crippen molar-refractivity contribution in [2.24, 2.45) is 0 Å². The molecule has 1 aliphatic rings. The number of amides is 1. The van der Waals surface area contributed by atoms with Crippen LogP contribution in [0.15, 0.2) is 0 Å². The van der Waals surface area contributed by atoms with Crippen molar-refractivity contribution in [1.29, 1.82) is 0 Å². The molecule has 1 aromatic rings. The van der Waals surface area contributed by atoms with E-state index in [1.54, 1.807) is 0 Å². The lowest BCUT2D eigenvalue weighted by Gasteiger charge is -2.16. The molecule has 2 rings (SSSR count). The average molecular weight is 284 g/mol. The number of carbonyl (C=O) groups excluding carboxylic acids is 1. The zero-order chi connectivity index (χ0) is 13.7. The molecule has 0 aliphatic carbocycles. The number of hydrogen-bond donors (Lipinski definition) is 1. The Kier molecular flexibility index (Phi) is 5.24. The second-order valence-corrected chi connectivity index (χ2v) is 5.73. The van der Waals surface area contributed by atoms with Gasteiger partial charge in [0.05, 0.1) is 23.2 Å². The van der Waals surface area contributed by atoms with Gasteiger partial charge in [-0.3, -0.25) is 9.69 Å². The van der Waals surface area contributed by atoms with Crippen LogP contribution in [0.25, 0.3) is 0 Å². The first-order valence-electron chi connectivity index (χ1n) is 6.50. The van der Waals surface area contributed by atoms with Gasteiger partial charge in [-0.25, -0.2) is 0 Å². The molecule has 7 heteroatoms. The van der Waals surface area contributed by atoms with Crippen molar-refractivity contribution in [3.8, 4) is 0 Å². The first kappa shape index (κ1) is 14.4. The summed E-state index contributed by atoms with van der Waals surface area (Å²) in [5, 5.41) is 6.88. The third kappa shape index (κ3) is 4.52. The van der Waals surface area contributed by atoms with Crippen LogP contribution in [0.2, 0.25) is 0 Å². The van der Waals surface area contributed by atoms with Gasteiger partial charge in [-0.2, -0.15) is 0 Å². The fraction of sp³-hybridized carbons (Fsp3) is 0.750. The number of nitrogens with one attached hydrogen (secondary N) is 1. The van der Waals surface area contributed by atoms with Gasteiger partial charge in [0.25, 0.3) is 0 Å². The number of aryl methyl sites for hydroxylation is 1. The number of nitrogens with zero attached hydrogens (tertiary/aromatic N) is 3. The highest BCUT2D eigenvalue weighted by Crippen LogP contribution is 2.12. The highest BCUT2D eigenvalue weighted by molar-refractivity contribution is 7.05. The lowest BCUT2D eigenvalue weighted by Crippen LogP contribution is -2.38. The molecule has 19 heavy (non-hydrogen) atoms. The summed E-state index contributed by atoms with van der Waals surface area (Å²) < 4.78 is 9.36. The van der Waals surface area contributed by atoms with Crippen molar-refractivity contribution in [3.05, 3.63) is 10.6 Å². The molecular formula is C12H20N4O2S. The summed E-state index contributed by atoms with van der Waals surface area (Å²) >= 11 is 1.38. The zero-order valence-corrected chi connectivity index (χ0v) is 12.2. The maximum Gasteiger partial charge on any atom is 0.234 e. The first-order chi connectivity index (χ1) is 9.15. The number of likely N-dealkylation sites (N-methyl/N-ethyl adjacent to an activating group) is 1. The fourth-order valence-corrected chi connectivity index (χ4v) is 2.74. The number of hydrogen-bond acceptors (Lipinski definition) is 6. The normalized spacial score (nSPS) is 19.0. The molecule has 1 saturated heterocycles. The SMILES string of the molecule is Cc1nnsc1CN(C)CC(=O)NC[C@@H]1CCCO1. The predicted octanol–water partition coefficient (Wildman–Crippen LogP) is 0.574. The Hall–Kier alpha value is -1.05. The number of rotatable bonds is 6. The Labute approximate surface area is 117 Å². The summed E-state index contributed by atoms with van der Waals surface area (Å²) in [6.07, 6.45) is 2.34. The van der Waals surface area contributed by atoms with Crippen LogP contribution < -0.4 is 5.32 Å². The average Bonchev–Trinajstić information content (AvgIpc) is 2.99. The monoisotopic (exact) mass is 284 g/mol. The molecule has 1 fully saturated rings. The van der Waals surface area contributed by atoms with E-state index < -0.39 is 0 Å². The number of aromatic nitrogens is 2. The molecule has 1 atom stereocenters. The summed E-state index contributed by atoms with van der Waals surface area (Å²) in [6, 6.07) is 0. The first-order valence-corrected chi connectivity index (χ1v) is 7.27. The summed E-state index contributed by atoms with van der Waals surface area (Å²) in [7, 11) is 1.92. The van der Waals surface area contributed by atoms with Crippen LogP contribution >= 0.6 is 11.5 Å². The van der Waals surface area contributed by atoms with Gasteiger partial charge < -0.3 is 10.1 Å². The minimum Gasteiger partial charge on any atom is -0.376 e. The van der Waals surface area contributed by atoms with Gasteiger partial charge in [0.1, 0.15) is 0 Å². The van der Waals surface area contributed by atoms with E-state index in [-0.39, 0.29) is 12.0 Å². The van der Waals surface area contributed by atoms with Crippen LogP contribution in [0.1, 0.15) is 23.4 Å². The lowest BCUT2D eigenvalue weighted by molar-refractivity contribution is -0.122. The van der Waals surface area contributed by atoms with Crippen LogP contribution in [-0.2, 0) is 16.1 Å². The van der Waals surface area contributed by atoms with Crippen molar-refractivity contribution in [2.45, 2.75) is 32.4 Å². The molecule has 1 N–H and O–H groups in total. The Balaban J connectivity index is 1.68. The smallest absolute Gasteiger partial charge is 0.234 e. The molecule has 106 valence electrons. The van der Waals surface area contributed by atoms with Crippen molar-refractivity contribution in [3.63, 3.8) is 0 Å². The standard InChI is InChI=1S/C12H20N4O2S/c1-9-11(19-15-14-9)7-16(2)8-12(17)13-6-10-4-3-5-18-10/h10H,3-8H2,1-2H3,(H,13,17)/t10-/m0/s1. The van der Waals surface area contributed by atoms with Crippen LogP contribution in [0.3, 0.4) is 0 Å². The maximum atomic E-state index is 11.8. The Morgan fingerprint density at radius 3 is 3.11 bits per heavy atom. The highest BCUT2D eigenvalue weighted by Gasteiger charge is 2.17. The molecule has 0 spiro atoms. The van der Waals surface area contributed by atoms with E-state index in [0.717, 1.165) is 30.0 Å². The molecule has 0 saturated carbocycles. The molecule has 1 amide bonds. The Morgan fingerprint density at radius 2 is 2.47 bits per heavy atom. The van der Waals surface area contributed by atoms with Gasteiger partial charge in [-0.05, 0) is 38.3 Å². The molecule has 0 unspecified atom stereocenters. The topological polar surface area (TPSA) is 67.4 Å². The van der Waals surface area contributed by atoms with E-state index in [1.165, 1.54) is 11.5 Å². The fourth-order valence-electron chi connectivity index (χ4n) is 2.03. The van der Waals surface area contributed by atoms with Crippen LogP contribution in [0.5, 0.6) is 0 Å². The lowest BCUT2D eigenvalue weighted by atomic mass is 10.2. The quantitative estimate of drug-likeness (QED) is 0.827. The van der Waals surface area contributed by atoms with E-state index in [9.17, 15) is 4.79 Å². The van der Waals surface area contributed by atoms with Crippen molar-refractivity contribution in [1.82, 2.24) is 19.8 Å². The molecular weight excluding hydrogens is 264 g/mol. The van der Waals surface area contributed by atoms with E-state index in [1.807, 2.05) is 18.9 Å². The van der Waals surface area contributed by atoms with Crippen molar-refractivity contribution >= 4 is 17.4 Å². The van der Waals surface area contributed by atoms with Crippen molar-refractivity contribution < 1.29 is 9.53 Å². The van der Waals surface area contributed by atoms with Gasteiger partial charge >= 0.3 is 0 Å². The third-order valence-electron chi connectivity index (χ3n) is 3.12. The minimum atomic E-state index is 0.0353. The van der Waals surface area contributed by atoms with E-state index >= 15 is 0 Å². The van der Waals surface area contributed by atoms with E-state index in [0.29, 0.717) is 19.6 Å². The second kappa shape index (κ2) is 6.93. The van der Waals surface area contributed by atoms with Gasteiger partial charge in [-0.1, -0.05) is 4.49 Å². The molecule has 0 bridgehead atoms. The van der Waals surface area contributed by atoms with E-state index in [2.05, 4.69) is 14.9 Å². The number of ether oxygens (including phenoxy) is 1. The van der Waals surface area contributed by atoms with Crippen molar-refractivity contribution in [2.75, 3.05) is 26.7 Å². The molecule has 6 nitrogen and oxygen atoms in total. The Bertz CT molecular complexity index is 418. The third-order valence-corrected chi connectivity index (χ3v) is 3.93. The molecule has 0 radical (unpaired) electrons.